The van der Waals surface area contributed by atoms with Gasteiger partial charge in [0.05, 0.1) is 26.2 Å². The SMILES string of the molecule is C[N+]1(COC(=O)C(c2ccccc2)C2CCCC2)CCOCC1. The summed E-state index contributed by atoms with van der Waals surface area (Å²) >= 11 is 0. The van der Waals surface area contributed by atoms with Crippen LogP contribution < -0.4 is 0 Å². The van der Waals surface area contributed by atoms with Gasteiger partial charge in [-0.25, -0.2) is 0 Å². The van der Waals surface area contributed by atoms with Gasteiger partial charge >= 0.3 is 5.97 Å². The molecular formula is C19H28NO3+. The average molecular weight is 318 g/mol. The van der Waals surface area contributed by atoms with Crippen molar-refractivity contribution < 1.29 is 18.8 Å². The van der Waals surface area contributed by atoms with Crippen molar-refractivity contribution in [2.45, 2.75) is 31.6 Å². The first-order chi connectivity index (χ1) is 11.2. The monoisotopic (exact) mass is 318 g/mol. The molecule has 0 amide bonds. The fourth-order valence-electron chi connectivity index (χ4n) is 3.77. The zero-order valence-electron chi connectivity index (χ0n) is 14.1. The zero-order chi connectivity index (χ0) is 16.1. The van der Waals surface area contributed by atoms with Crippen molar-refractivity contribution in [3.05, 3.63) is 35.9 Å². The van der Waals surface area contributed by atoms with Gasteiger partial charge < -0.3 is 9.47 Å². The fourth-order valence-corrected chi connectivity index (χ4v) is 3.77. The highest BCUT2D eigenvalue weighted by molar-refractivity contribution is 5.78. The quantitative estimate of drug-likeness (QED) is 0.618. The van der Waals surface area contributed by atoms with Crippen LogP contribution in [0.2, 0.25) is 0 Å². The molecule has 4 heteroatoms. The summed E-state index contributed by atoms with van der Waals surface area (Å²) in [7, 11) is 2.14. The Morgan fingerprint density at radius 2 is 1.87 bits per heavy atom. The molecule has 23 heavy (non-hydrogen) atoms. The van der Waals surface area contributed by atoms with Crippen LogP contribution in [-0.4, -0.2) is 50.5 Å². The topological polar surface area (TPSA) is 35.5 Å². The maximum Gasteiger partial charge on any atom is 0.317 e. The van der Waals surface area contributed by atoms with Gasteiger partial charge in [0.2, 0.25) is 6.73 Å². The van der Waals surface area contributed by atoms with E-state index in [0.717, 1.165) is 49.2 Å². The molecule has 1 aliphatic heterocycles. The molecule has 1 saturated heterocycles. The molecule has 2 aliphatic rings. The lowest BCUT2D eigenvalue weighted by atomic mass is 9.85. The third-order valence-electron chi connectivity index (χ3n) is 5.35. The Balaban J connectivity index is 1.67. The fraction of sp³-hybridized carbons (Fsp3) is 0.632. The molecule has 4 nitrogen and oxygen atoms in total. The van der Waals surface area contributed by atoms with Crippen LogP contribution in [0, 0.1) is 5.92 Å². The van der Waals surface area contributed by atoms with Crippen LogP contribution in [0.4, 0.5) is 0 Å². The lowest BCUT2D eigenvalue weighted by Crippen LogP contribution is -2.53. The highest BCUT2D eigenvalue weighted by Gasteiger charge is 2.35. The van der Waals surface area contributed by atoms with Crippen molar-refractivity contribution in [2.24, 2.45) is 5.92 Å². The molecule has 0 spiro atoms. The summed E-state index contributed by atoms with van der Waals surface area (Å²) in [4.78, 5) is 12.9. The van der Waals surface area contributed by atoms with Crippen LogP contribution in [0.5, 0.6) is 0 Å². The smallest absolute Gasteiger partial charge is 0.317 e. The number of hydrogen-bond acceptors (Lipinski definition) is 3. The molecule has 0 bridgehead atoms. The average Bonchev–Trinajstić information content (AvgIpc) is 3.09. The summed E-state index contributed by atoms with van der Waals surface area (Å²) < 4.78 is 12.0. The lowest BCUT2D eigenvalue weighted by Gasteiger charge is -2.37. The van der Waals surface area contributed by atoms with E-state index in [4.69, 9.17) is 9.47 Å². The number of esters is 1. The van der Waals surface area contributed by atoms with Gasteiger partial charge in [0, 0.05) is 0 Å². The van der Waals surface area contributed by atoms with Crippen molar-refractivity contribution in [3.8, 4) is 0 Å². The number of carbonyl (C=O) groups excluding carboxylic acids is 1. The number of carbonyl (C=O) groups is 1. The summed E-state index contributed by atoms with van der Waals surface area (Å²) in [6, 6.07) is 10.2. The molecule has 2 fully saturated rings. The molecule has 1 heterocycles. The Labute approximate surface area is 139 Å². The highest BCUT2D eigenvalue weighted by atomic mass is 16.6. The summed E-state index contributed by atoms with van der Waals surface area (Å²) in [5.74, 6) is 0.278. The van der Waals surface area contributed by atoms with E-state index in [1.54, 1.807) is 0 Å². The van der Waals surface area contributed by atoms with Crippen LogP contribution in [0.1, 0.15) is 37.2 Å². The van der Waals surface area contributed by atoms with Crippen LogP contribution in [-0.2, 0) is 14.3 Å². The van der Waals surface area contributed by atoms with Crippen molar-refractivity contribution in [2.75, 3.05) is 40.1 Å². The highest BCUT2D eigenvalue weighted by Crippen LogP contribution is 2.38. The minimum Gasteiger partial charge on any atom is -0.415 e. The zero-order valence-corrected chi connectivity index (χ0v) is 14.1. The first kappa shape index (κ1) is 16.5. The molecule has 0 aromatic heterocycles. The minimum atomic E-state index is -0.105. The molecule has 3 rings (SSSR count). The van der Waals surface area contributed by atoms with E-state index in [9.17, 15) is 4.79 Å². The summed E-state index contributed by atoms with van der Waals surface area (Å²) in [6.45, 7) is 3.77. The van der Waals surface area contributed by atoms with Gasteiger partial charge in [-0.15, -0.1) is 0 Å². The normalized spacial score (nSPS) is 22.7. The summed E-state index contributed by atoms with van der Waals surface area (Å²) in [5, 5.41) is 0. The van der Waals surface area contributed by atoms with E-state index in [1.165, 1.54) is 12.8 Å². The van der Waals surface area contributed by atoms with Gasteiger partial charge in [-0.3, -0.25) is 9.28 Å². The second-order valence-corrected chi connectivity index (χ2v) is 7.20. The molecule has 126 valence electrons. The molecule has 0 N–H and O–H groups in total. The number of rotatable bonds is 5. The van der Waals surface area contributed by atoms with E-state index in [0.29, 0.717) is 12.6 Å². The van der Waals surface area contributed by atoms with Gasteiger partial charge in [0.25, 0.3) is 0 Å². The molecule has 1 unspecified atom stereocenters. The van der Waals surface area contributed by atoms with Gasteiger partial charge in [0.15, 0.2) is 0 Å². The Morgan fingerprint density at radius 3 is 2.52 bits per heavy atom. The molecule has 1 saturated carbocycles. The van der Waals surface area contributed by atoms with Crippen molar-refractivity contribution in [1.82, 2.24) is 0 Å². The van der Waals surface area contributed by atoms with Gasteiger partial charge in [-0.1, -0.05) is 43.2 Å². The molecule has 0 radical (unpaired) electrons. The lowest BCUT2D eigenvalue weighted by molar-refractivity contribution is -0.932. The predicted octanol–water partition coefficient (Wildman–Crippen LogP) is 2.94. The summed E-state index contributed by atoms with van der Waals surface area (Å²) in [5.41, 5.74) is 1.11. The van der Waals surface area contributed by atoms with Crippen LogP contribution in [0.25, 0.3) is 0 Å². The summed E-state index contributed by atoms with van der Waals surface area (Å²) in [6.07, 6.45) is 4.72. The second kappa shape index (κ2) is 7.45. The van der Waals surface area contributed by atoms with E-state index in [-0.39, 0.29) is 11.9 Å². The van der Waals surface area contributed by atoms with E-state index in [1.807, 2.05) is 18.2 Å². The van der Waals surface area contributed by atoms with Gasteiger partial charge in [-0.2, -0.15) is 0 Å². The van der Waals surface area contributed by atoms with Gasteiger partial charge in [0.1, 0.15) is 13.1 Å². The maximum atomic E-state index is 12.9. The van der Waals surface area contributed by atoms with Crippen LogP contribution >= 0.6 is 0 Å². The van der Waals surface area contributed by atoms with Crippen LogP contribution in [0.15, 0.2) is 30.3 Å². The first-order valence-electron chi connectivity index (χ1n) is 8.81. The van der Waals surface area contributed by atoms with Crippen molar-refractivity contribution in [3.63, 3.8) is 0 Å². The largest absolute Gasteiger partial charge is 0.415 e. The van der Waals surface area contributed by atoms with Crippen molar-refractivity contribution in [1.29, 1.82) is 0 Å². The second-order valence-electron chi connectivity index (χ2n) is 7.20. The molecule has 1 atom stereocenters. The number of likely N-dealkylation sites (N-methyl/N-ethyl adjacent to an activating group) is 1. The third kappa shape index (κ3) is 4.12. The van der Waals surface area contributed by atoms with E-state index in [2.05, 4.69) is 19.2 Å². The Hall–Kier alpha value is -1.39. The minimum absolute atomic E-state index is 0.0473. The molecule has 1 aromatic rings. The number of nitrogens with zero attached hydrogens (tertiary/aromatic N) is 1. The number of ether oxygens (including phenoxy) is 2. The molecular weight excluding hydrogens is 290 g/mol. The number of morpholine rings is 1. The van der Waals surface area contributed by atoms with Crippen LogP contribution in [0.3, 0.4) is 0 Å². The molecule has 1 aromatic carbocycles. The van der Waals surface area contributed by atoms with E-state index < -0.39 is 0 Å². The maximum absolute atomic E-state index is 12.9. The Kier molecular flexibility index (Phi) is 5.34. The third-order valence-corrected chi connectivity index (χ3v) is 5.35. The Morgan fingerprint density at radius 1 is 1.22 bits per heavy atom. The number of benzene rings is 1. The molecule has 1 aliphatic carbocycles. The predicted molar refractivity (Wildman–Crippen MR) is 88.8 cm³/mol. The standard InChI is InChI=1S/C19H28NO3/c1-20(11-13-22-14-12-20)15-23-19(21)18(17-9-5-6-10-17)16-7-3-2-4-8-16/h2-4,7-8,17-18H,5-6,9-15H2,1H3/q+1. The number of hydrogen-bond donors (Lipinski definition) is 0. The number of quaternary nitrogens is 1. The Bertz CT molecular complexity index is 505. The van der Waals surface area contributed by atoms with Gasteiger partial charge in [-0.05, 0) is 24.3 Å². The van der Waals surface area contributed by atoms with E-state index >= 15 is 0 Å². The van der Waals surface area contributed by atoms with Crippen molar-refractivity contribution >= 4 is 5.97 Å². The first-order valence-corrected chi connectivity index (χ1v) is 8.81.